The van der Waals surface area contributed by atoms with Gasteiger partial charge in [-0.2, -0.15) is 5.26 Å². The zero-order valence-corrected chi connectivity index (χ0v) is 35.6. The predicted octanol–water partition coefficient (Wildman–Crippen LogP) is 8.80. The summed E-state index contributed by atoms with van der Waals surface area (Å²) in [6, 6.07) is 40.7. The lowest BCUT2D eigenvalue weighted by Crippen LogP contribution is -2.54. The van der Waals surface area contributed by atoms with Gasteiger partial charge in [0.15, 0.2) is 0 Å². The van der Waals surface area contributed by atoms with Crippen LogP contribution < -0.4 is 19.7 Å². The van der Waals surface area contributed by atoms with E-state index < -0.39 is 30.1 Å². The monoisotopic (exact) mass is 874 g/mol. The summed E-state index contributed by atoms with van der Waals surface area (Å²) < 4.78 is 12.4. The number of nitrogens with zero attached hydrogens (tertiary/aromatic N) is 3. The first kappa shape index (κ1) is 42.6. The normalized spacial score (nSPS) is 16.0. The van der Waals surface area contributed by atoms with E-state index in [-0.39, 0.29) is 31.9 Å². The average molecular weight is 876 g/mol. The standard InChI is InChI=1S/C51H40Cl2N4O6/c1-56-45-26-39-27-46(49(58)55-44(51(60)61)25-33-9-14-36(15-10-33)37-16-11-34(29-54)12-17-37)57(23-5-8-32-6-3-2-4-7-32)30-40(39)28-47(45)63-48(50(56)59)38-18-20-41(21-19-38)62-31-35-13-22-42(52)43(53)24-35/h2-4,6-7,9-22,24,26,28,44,46,48H,23,25,27,30-31H2,1H3,(H,55,58)(H,60,61)/t44?,46-,48-/m0/s1. The summed E-state index contributed by atoms with van der Waals surface area (Å²) in [7, 11) is 1.70. The molecule has 2 aliphatic rings. The second-order valence-electron chi connectivity index (χ2n) is 15.4. The number of halogens is 2. The number of fused-ring (bicyclic) bond motifs is 2. The highest BCUT2D eigenvalue weighted by Crippen LogP contribution is 2.42. The maximum Gasteiger partial charge on any atom is 0.326 e. The molecule has 0 fully saturated rings. The van der Waals surface area contributed by atoms with Crippen molar-refractivity contribution in [3.8, 4) is 40.5 Å². The van der Waals surface area contributed by atoms with Crippen molar-refractivity contribution in [1.29, 1.82) is 5.26 Å². The lowest BCUT2D eigenvalue weighted by atomic mass is 9.91. The van der Waals surface area contributed by atoms with Gasteiger partial charge < -0.3 is 24.8 Å². The molecule has 0 radical (unpaired) electrons. The van der Waals surface area contributed by atoms with Gasteiger partial charge in [0.05, 0.1) is 40.0 Å². The van der Waals surface area contributed by atoms with Crippen LogP contribution in [0.5, 0.6) is 11.5 Å². The molecule has 2 heterocycles. The molecule has 12 heteroatoms. The van der Waals surface area contributed by atoms with Crippen molar-refractivity contribution in [1.82, 2.24) is 10.2 Å². The number of nitrogens with one attached hydrogen (secondary N) is 1. The Morgan fingerprint density at radius 2 is 1.56 bits per heavy atom. The van der Waals surface area contributed by atoms with Crippen LogP contribution in [0.25, 0.3) is 11.1 Å². The van der Waals surface area contributed by atoms with Gasteiger partial charge in [-0.3, -0.25) is 14.5 Å². The fraction of sp³-hybridized carbons (Fsp3) is 0.176. The SMILES string of the molecule is CN1C(=O)[C@H](c2ccc(OCc3ccc(Cl)c(Cl)c3)cc2)Oc2cc3c(cc21)C[C@@H](C(=O)NC(Cc1ccc(-c2ccc(C#N)cc2)cc1)C(=O)O)N(CC#Cc1ccccc1)C3. The second kappa shape index (κ2) is 18.9. The minimum atomic E-state index is -1.20. The van der Waals surface area contributed by atoms with Crippen LogP contribution in [0.15, 0.2) is 133 Å². The van der Waals surface area contributed by atoms with E-state index in [4.69, 9.17) is 37.9 Å². The molecule has 1 unspecified atom stereocenters. The number of nitriles is 1. The molecule has 3 atom stereocenters. The molecule has 10 nitrogen and oxygen atoms in total. The molecule has 314 valence electrons. The third-order valence-electron chi connectivity index (χ3n) is 11.2. The van der Waals surface area contributed by atoms with E-state index in [1.165, 1.54) is 0 Å². The summed E-state index contributed by atoms with van der Waals surface area (Å²) >= 11 is 12.2. The van der Waals surface area contributed by atoms with E-state index in [0.717, 1.165) is 38.9 Å². The third-order valence-corrected chi connectivity index (χ3v) is 11.9. The van der Waals surface area contributed by atoms with Gasteiger partial charge in [0.25, 0.3) is 5.91 Å². The van der Waals surface area contributed by atoms with Crippen molar-refractivity contribution < 1.29 is 29.0 Å². The number of benzene rings is 6. The Bertz CT molecular complexity index is 2780. The van der Waals surface area contributed by atoms with Crippen LogP contribution in [0.3, 0.4) is 0 Å². The Labute approximate surface area is 375 Å². The minimum absolute atomic E-state index is 0.0687. The zero-order chi connectivity index (χ0) is 44.0. The molecule has 0 aliphatic carbocycles. The average Bonchev–Trinajstić information content (AvgIpc) is 3.30. The van der Waals surface area contributed by atoms with Crippen LogP contribution in [0.1, 0.15) is 45.0 Å². The van der Waals surface area contributed by atoms with Crippen molar-refractivity contribution in [2.45, 2.75) is 44.2 Å². The zero-order valence-electron chi connectivity index (χ0n) is 34.1. The number of rotatable bonds is 11. The topological polar surface area (TPSA) is 132 Å². The number of hydrogen-bond donors (Lipinski definition) is 2. The van der Waals surface area contributed by atoms with E-state index in [9.17, 15) is 19.5 Å². The van der Waals surface area contributed by atoms with Gasteiger partial charge >= 0.3 is 5.97 Å². The van der Waals surface area contributed by atoms with Gasteiger partial charge in [0.1, 0.15) is 24.1 Å². The number of carboxylic acids is 1. The summed E-state index contributed by atoms with van der Waals surface area (Å²) in [5, 5.41) is 23.2. The van der Waals surface area contributed by atoms with Crippen molar-refractivity contribution >= 4 is 46.7 Å². The molecule has 0 bridgehead atoms. The molecule has 6 aromatic carbocycles. The Kier molecular flexibility index (Phi) is 12.8. The molecular weight excluding hydrogens is 835 g/mol. The predicted molar refractivity (Wildman–Crippen MR) is 242 cm³/mol. The Morgan fingerprint density at radius 1 is 0.857 bits per heavy atom. The van der Waals surface area contributed by atoms with Crippen molar-refractivity contribution in [3.63, 3.8) is 0 Å². The molecule has 8 rings (SSSR count). The summed E-state index contributed by atoms with van der Waals surface area (Å²) in [5.41, 5.74) is 7.81. The van der Waals surface area contributed by atoms with E-state index in [0.29, 0.717) is 44.9 Å². The highest BCUT2D eigenvalue weighted by Gasteiger charge is 2.38. The first-order valence-corrected chi connectivity index (χ1v) is 21.0. The molecule has 0 saturated heterocycles. The van der Waals surface area contributed by atoms with Crippen molar-refractivity contribution in [3.05, 3.63) is 182 Å². The highest BCUT2D eigenvalue weighted by molar-refractivity contribution is 6.42. The smallest absolute Gasteiger partial charge is 0.326 e. The molecule has 0 saturated carbocycles. The number of ether oxygens (including phenoxy) is 2. The number of carboxylic acid groups (broad SMARTS) is 1. The minimum Gasteiger partial charge on any atom is -0.489 e. The summed E-state index contributed by atoms with van der Waals surface area (Å²) in [4.78, 5) is 44.2. The van der Waals surface area contributed by atoms with Crippen LogP contribution >= 0.6 is 23.2 Å². The van der Waals surface area contributed by atoms with Crippen LogP contribution in [0, 0.1) is 23.2 Å². The lowest BCUT2D eigenvalue weighted by molar-refractivity contribution is -0.142. The van der Waals surface area contributed by atoms with Gasteiger partial charge in [0, 0.05) is 31.1 Å². The molecule has 2 N–H and O–H groups in total. The Balaban J connectivity index is 0.997. The van der Waals surface area contributed by atoms with Crippen LogP contribution in [0.4, 0.5) is 5.69 Å². The van der Waals surface area contributed by atoms with E-state index >= 15 is 0 Å². The Hall–Kier alpha value is -7.08. The number of hydrogen-bond acceptors (Lipinski definition) is 7. The van der Waals surface area contributed by atoms with Crippen LogP contribution in [-0.4, -0.2) is 53.5 Å². The number of anilines is 1. The molecule has 0 spiro atoms. The van der Waals surface area contributed by atoms with Crippen molar-refractivity contribution in [2.24, 2.45) is 0 Å². The molecule has 2 aliphatic heterocycles. The molecule has 2 amide bonds. The number of aliphatic carboxylic acids is 1. The van der Waals surface area contributed by atoms with Gasteiger partial charge in [-0.25, -0.2) is 4.79 Å². The third kappa shape index (κ3) is 9.86. The van der Waals surface area contributed by atoms with Gasteiger partial charge in [0.2, 0.25) is 12.0 Å². The first-order chi connectivity index (χ1) is 30.5. The lowest BCUT2D eigenvalue weighted by Gasteiger charge is -2.38. The number of amides is 2. The van der Waals surface area contributed by atoms with Crippen molar-refractivity contribution in [2.75, 3.05) is 18.5 Å². The second-order valence-corrected chi connectivity index (χ2v) is 16.2. The molecule has 6 aromatic rings. The highest BCUT2D eigenvalue weighted by atomic mass is 35.5. The molecule has 0 aromatic heterocycles. The van der Waals surface area contributed by atoms with Crippen LogP contribution in [-0.2, 0) is 40.4 Å². The van der Waals surface area contributed by atoms with E-state index in [1.807, 2.05) is 89.8 Å². The number of carbonyl (C=O) groups is 3. The number of carbonyl (C=O) groups excluding carboxylic acids is 2. The molecule has 63 heavy (non-hydrogen) atoms. The molecular formula is C51H40Cl2N4O6. The number of likely N-dealkylation sites (N-methyl/N-ethyl adjacent to an activating group) is 1. The summed E-state index contributed by atoms with van der Waals surface area (Å²) in [6.45, 7) is 0.847. The van der Waals surface area contributed by atoms with E-state index in [1.54, 1.807) is 60.5 Å². The quantitative estimate of drug-likeness (QED) is 0.124. The Morgan fingerprint density at radius 3 is 2.24 bits per heavy atom. The summed E-state index contributed by atoms with van der Waals surface area (Å²) in [5.74, 6) is 5.67. The van der Waals surface area contributed by atoms with Gasteiger partial charge in [-0.15, -0.1) is 0 Å². The fourth-order valence-electron chi connectivity index (χ4n) is 7.69. The van der Waals surface area contributed by atoms with Gasteiger partial charge in [-0.05, 0) is 100 Å². The fourth-order valence-corrected chi connectivity index (χ4v) is 8.02. The summed E-state index contributed by atoms with van der Waals surface area (Å²) in [6.07, 6.45) is -0.582. The van der Waals surface area contributed by atoms with Gasteiger partial charge in [-0.1, -0.05) is 108 Å². The maximum absolute atomic E-state index is 14.2. The largest absolute Gasteiger partial charge is 0.489 e. The maximum atomic E-state index is 14.2. The van der Waals surface area contributed by atoms with Crippen LogP contribution in [0.2, 0.25) is 10.0 Å². The first-order valence-electron chi connectivity index (χ1n) is 20.2. The van der Waals surface area contributed by atoms with E-state index in [2.05, 4.69) is 23.2 Å².